The van der Waals surface area contributed by atoms with E-state index in [2.05, 4.69) is 15.0 Å². The van der Waals surface area contributed by atoms with Gasteiger partial charge >= 0.3 is 0 Å². The van der Waals surface area contributed by atoms with Crippen LogP contribution in [0.4, 0.5) is 0 Å². The molecule has 16 heavy (non-hydrogen) atoms. The van der Waals surface area contributed by atoms with Crippen molar-refractivity contribution in [3.05, 3.63) is 32.6 Å². The monoisotopic (exact) mass is 257 g/mol. The summed E-state index contributed by atoms with van der Waals surface area (Å²) in [4.78, 5) is 22.2. The van der Waals surface area contributed by atoms with Crippen LogP contribution in [0.5, 0.6) is 0 Å². The molecular formula is C9H8ClN3O2S. The first-order valence-corrected chi connectivity index (χ1v) is 5.59. The normalized spacial score (nSPS) is 10.6. The van der Waals surface area contributed by atoms with Crippen molar-refractivity contribution in [2.45, 2.75) is 6.61 Å². The second kappa shape index (κ2) is 4.73. The second-order valence-corrected chi connectivity index (χ2v) is 4.65. The molecule has 1 N–H and O–H groups in total. The standard InChI is InChI=1S/C9H8ClN3O2S/c1-15-4-5-2-7(14)13-8(12-5)9-11-3-6(10)16-9/h2-3H,4H2,1H3,(H,12,13,14). The molecule has 84 valence electrons. The van der Waals surface area contributed by atoms with Crippen LogP contribution in [0.2, 0.25) is 4.34 Å². The van der Waals surface area contributed by atoms with Crippen LogP contribution in [0.15, 0.2) is 17.1 Å². The van der Waals surface area contributed by atoms with Gasteiger partial charge in [-0.1, -0.05) is 22.9 Å². The lowest BCUT2D eigenvalue weighted by atomic mass is 10.4. The number of nitrogens with one attached hydrogen (secondary N) is 1. The van der Waals surface area contributed by atoms with Gasteiger partial charge < -0.3 is 9.72 Å². The Labute approximate surface area is 100 Å². The van der Waals surface area contributed by atoms with Gasteiger partial charge in [0.1, 0.15) is 4.34 Å². The number of thiazole rings is 1. The van der Waals surface area contributed by atoms with Crippen LogP contribution in [-0.2, 0) is 11.3 Å². The molecule has 2 aromatic heterocycles. The summed E-state index contributed by atoms with van der Waals surface area (Å²) in [6, 6.07) is 1.39. The molecule has 0 aromatic carbocycles. The molecule has 0 spiro atoms. The molecule has 2 heterocycles. The molecule has 0 aliphatic heterocycles. The molecule has 0 aliphatic carbocycles. The number of aromatic amines is 1. The first-order chi connectivity index (χ1) is 7.69. The summed E-state index contributed by atoms with van der Waals surface area (Å²) in [5, 5.41) is 0.583. The lowest BCUT2D eigenvalue weighted by molar-refractivity contribution is 0.181. The minimum Gasteiger partial charge on any atom is -0.378 e. The van der Waals surface area contributed by atoms with E-state index in [0.717, 1.165) is 0 Å². The first-order valence-electron chi connectivity index (χ1n) is 4.40. The van der Waals surface area contributed by atoms with Crippen molar-refractivity contribution in [3.63, 3.8) is 0 Å². The zero-order chi connectivity index (χ0) is 11.5. The first kappa shape index (κ1) is 11.3. The van der Waals surface area contributed by atoms with E-state index in [9.17, 15) is 4.79 Å². The number of methoxy groups -OCH3 is 1. The molecule has 2 aromatic rings. The maximum absolute atomic E-state index is 11.4. The Balaban J connectivity index is 2.44. The lowest BCUT2D eigenvalue weighted by Crippen LogP contribution is -2.10. The average molecular weight is 258 g/mol. The summed E-state index contributed by atoms with van der Waals surface area (Å²) < 4.78 is 5.47. The van der Waals surface area contributed by atoms with Gasteiger partial charge in [-0.3, -0.25) is 4.79 Å². The maximum Gasteiger partial charge on any atom is 0.251 e. The van der Waals surface area contributed by atoms with Gasteiger partial charge in [-0.05, 0) is 0 Å². The van der Waals surface area contributed by atoms with Crippen molar-refractivity contribution >= 4 is 22.9 Å². The smallest absolute Gasteiger partial charge is 0.251 e. The minimum atomic E-state index is -0.233. The molecule has 2 rings (SSSR count). The Morgan fingerprint density at radius 2 is 2.44 bits per heavy atom. The zero-order valence-corrected chi connectivity index (χ0v) is 9.93. The van der Waals surface area contributed by atoms with Crippen LogP contribution in [0.1, 0.15) is 5.69 Å². The largest absolute Gasteiger partial charge is 0.378 e. The third-order valence-corrected chi connectivity index (χ3v) is 2.89. The van der Waals surface area contributed by atoms with E-state index in [4.69, 9.17) is 16.3 Å². The highest BCUT2D eigenvalue weighted by molar-refractivity contribution is 7.18. The predicted octanol–water partition coefficient (Wildman–Crippen LogP) is 1.69. The van der Waals surface area contributed by atoms with Gasteiger partial charge in [0.25, 0.3) is 5.56 Å². The van der Waals surface area contributed by atoms with Gasteiger partial charge in [-0.2, -0.15) is 0 Å². The fourth-order valence-electron chi connectivity index (χ4n) is 1.19. The van der Waals surface area contributed by atoms with Crippen molar-refractivity contribution in [2.75, 3.05) is 7.11 Å². The molecule has 0 radical (unpaired) electrons. The predicted molar refractivity (Wildman–Crippen MR) is 61.7 cm³/mol. The van der Waals surface area contributed by atoms with E-state index in [1.165, 1.54) is 23.6 Å². The lowest BCUT2D eigenvalue weighted by Gasteiger charge is -2.00. The molecule has 0 aliphatic rings. The summed E-state index contributed by atoms with van der Waals surface area (Å²) in [6.07, 6.45) is 1.52. The van der Waals surface area contributed by atoms with E-state index in [1.807, 2.05) is 0 Å². The molecule has 0 saturated heterocycles. The number of hydrogen-bond acceptors (Lipinski definition) is 5. The summed E-state index contributed by atoms with van der Waals surface area (Å²) in [7, 11) is 1.54. The topological polar surface area (TPSA) is 67.9 Å². The Morgan fingerprint density at radius 3 is 3.06 bits per heavy atom. The third-order valence-electron chi connectivity index (χ3n) is 1.77. The average Bonchev–Trinajstić information content (AvgIpc) is 2.64. The van der Waals surface area contributed by atoms with E-state index < -0.39 is 0 Å². The fourth-order valence-corrected chi connectivity index (χ4v) is 2.05. The van der Waals surface area contributed by atoms with Gasteiger partial charge in [0.15, 0.2) is 10.8 Å². The maximum atomic E-state index is 11.4. The summed E-state index contributed by atoms with van der Waals surface area (Å²) in [6.45, 7) is 0.288. The van der Waals surface area contributed by atoms with E-state index in [1.54, 1.807) is 7.11 Å². The molecule has 0 amide bonds. The molecule has 0 atom stereocenters. The van der Waals surface area contributed by atoms with E-state index in [0.29, 0.717) is 20.9 Å². The number of ether oxygens (including phenoxy) is 1. The van der Waals surface area contributed by atoms with Crippen molar-refractivity contribution in [3.8, 4) is 10.8 Å². The summed E-state index contributed by atoms with van der Waals surface area (Å²) >= 11 is 7.02. The molecule has 0 bridgehead atoms. The number of rotatable bonds is 3. The molecule has 5 nitrogen and oxygen atoms in total. The van der Waals surface area contributed by atoms with Crippen LogP contribution in [-0.4, -0.2) is 22.1 Å². The Morgan fingerprint density at radius 1 is 1.62 bits per heavy atom. The van der Waals surface area contributed by atoms with Crippen molar-refractivity contribution in [1.29, 1.82) is 0 Å². The van der Waals surface area contributed by atoms with Crippen molar-refractivity contribution < 1.29 is 4.74 Å². The Kier molecular flexibility index (Phi) is 3.33. The quantitative estimate of drug-likeness (QED) is 0.909. The Bertz CT molecular complexity index is 552. The molecule has 0 unspecified atom stereocenters. The number of H-pyrrole nitrogens is 1. The second-order valence-electron chi connectivity index (χ2n) is 2.99. The van der Waals surface area contributed by atoms with Gasteiger partial charge in [0.05, 0.1) is 18.5 Å². The number of nitrogens with zero attached hydrogens (tertiary/aromatic N) is 2. The Hall–Kier alpha value is -1.24. The molecule has 0 saturated carbocycles. The van der Waals surface area contributed by atoms with Crippen molar-refractivity contribution in [1.82, 2.24) is 15.0 Å². The van der Waals surface area contributed by atoms with Crippen LogP contribution < -0.4 is 5.56 Å². The van der Waals surface area contributed by atoms with Crippen LogP contribution in [0.3, 0.4) is 0 Å². The fraction of sp³-hybridized carbons (Fsp3) is 0.222. The van der Waals surface area contributed by atoms with E-state index in [-0.39, 0.29) is 12.2 Å². The van der Waals surface area contributed by atoms with E-state index >= 15 is 0 Å². The molecule has 7 heteroatoms. The number of aromatic nitrogens is 3. The van der Waals surface area contributed by atoms with Gasteiger partial charge in [-0.25, -0.2) is 9.97 Å². The number of halogens is 1. The third kappa shape index (κ3) is 2.46. The minimum absolute atomic E-state index is 0.233. The highest BCUT2D eigenvalue weighted by Crippen LogP contribution is 2.24. The summed E-state index contributed by atoms with van der Waals surface area (Å²) in [5.41, 5.74) is 0.330. The number of hydrogen-bond donors (Lipinski definition) is 1. The molecular weight excluding hydrogens is 250 g/mol. The summed E-state index contributed by atoms with van der Waals surface area (Å²) in [5.74, 6) is 0.413. The van der Waals surface area contributed by atoms with Gasteiger partial charge in [-0.15, -0.1) is 0 Å². The van der Waals surface area contributed by atoms with Crippen molar-refractivity contribution in [2.24, 2.45) is 0 Å². The zero-order valence-electron chi connectivity index (χ0n) is 8.36. The van der Waals surface area contributed by atoms with Gasteiger partial charge in [0.2, 0.25) is 0 Å². The van der Waals surface area contributed by atoms with Crippen LogP contribution in [0.25, 0.3) is 10.8 Å². The highest BCUT2D eigenvalue weighted by atomic mass is 35.5. The molecule has 0 fully saturated rings. The SMILES string of the molecule is COCc1cc(=O)[nH]c(-c2ncc(Cl)s2)n1. The van der Waals surface area contributed by atoms with Crippen LogP contribution >= 0.6 is 22.9 Å². The van der Waals surface area contributed by atoms with Crippen LogP contribution in [0, 0.1) is 0 Å². The highest BCUT2D eigenvalue weighted by Gasteiger charge is 2.08. The van der Waals surface area contributed by atoms with Gasteiger partial charge in [0, 0.05) is 13.2 Å².